The summed E-state index contributed by atoms with van der Waals surface area (Å²) in [5.41, 5.74) is 6.97. The molecule has 1 atom stereocenters. The van der Waals surface area contributed by atoms with Gasteiger partial charge in [0.05, 0.1) is 6.04 Å². The normalized spacial score (nSPS) is 19.5. The first kappa shape index (κ1) is 12.7. The molecule has 0 aromatic heterocycles. The summed E-state index contributed by atoms with van der Waals surface area (Å²) < 4.78 is 0. The molecule has 0 saturated heterocycles. The molecule has 0 radical (unpaired) electrons. The SMILES string of the molecule is CCCC(CCC)C1N=C1CCCCN. The number of hydrogen-bond donors (Lipinski definition) is 1. The predicted molar refractivity (Wildman–Crippen MR) is 67.4 cm³/mol. The number of aliphatic imine (C=N–C) groups is 1. The summed E-state index contributed by atoms with van der Waals surface area (Å²) in [6, 6.07) is 0.627. The highest BCUT2D eigenvalue weighted by molar-refractivity contribution is 6.00. The van der Waals surface area contributed by atoms with E-state index in [1.54, 1.807) is 0 Å². The van der Waals surface area contributed by atoms with Crippen LogP contribution in [0.4, 0.5) is 0 Å². The molecule has 1 unspecified atom stereocenters. The van der Waals surface area contributed by atoms with Crippen molar-refractivity contribution < 1.29 is 0 Å². The minimum absolute atomic E-state index is 0.627. The molecule has 0 saturated carbocycles. The molecule has 0 bridgehead atoms. The van der Waals surface area contributed by atoms with Crippen molar-refractivity contribution in [3.05, 3.63) is 0 Å². The van der Waals surface area contributed by atoms with Gasteiger partial charge in [-0.15, -0.1) is 0 Å². The fourth-order valence-electron chi connectivity index (χ4n) is 2.38. The van der Waals surface area contributed by atoms with Crippen molar-refractivity contribution in [1.82, 2.24) is 0 Å². The maximum absolute atomic E-state index is 5.49. The lowest BCUT2D eigenvalue weighted by Crippen LogP contribution is -2.13. The lowest BCUT2D eigenvalue weighted by Gasteiger charge is -2.13. The first-order valence-electron chi connectivity index (χ1n) is 6.60. The zero-order valence-electron chi connectivity index (χ0n) is 10.3. The molecule has 0 aromatic carbocycles. The number of hydrogen-bond acceptors (Lipinski definition) is 2. The molecule has 0 aromatic rings. The van der Waals surface area contributed by atoms with Gasteiger partial charge in [-0.3, -0.25) is 4.99 Å². The van der Waals surface area contributed by atoms with Crippen LogP contribution in [-0.4, -0.2) is 18.3 Å². The molecule has 15 heavy (non-hydrogen) atoms. The Hall–Kier alpha value is -0.370. The van der Waals surface area contributed by atoms with Gasteiger partial charge in [0.2, 0.25) is 0 Å². The van der Waals surface area contributed by atoms with E-state index in [0.717, 1.165) is 18.9 Å². The van der Waals surface area contributed by atoms with E-state index in [4.69, 9.17) is 5.73 Å². The van der Waals surface area contributed by atoms with Gasteiger partial charge in [0.25, 0.3) is 0 Å². The van der Waals surface area contributed by atoms with E-state index in [0.29, 0.717) is 6.04 Å². The zero-order valence-corrected chi connectivity index (χ0v) is 10.3. The van der Waals surface area contributed by atoms with Crippen LogP contribution in [0, 0.1) is 5.92 Å². The maximum Gasteiger partial charge on any atom is 0.0904 e. The standard InChI is InChI=1S/C13H26N2/c1-3-7-11(8-4-2)13-12(15-13)9-5-6-10-14/h11,13H,3-10,14H2,1-2H3. The third-order valence-electron chi connectivity index (χ3n) is 3.23. The van der Waals surface area contributed by atoms with Crippen LogP contribution in [0.1, 0.15) is 58.8 Å². The second kappa shape index (κ2) is 7.00. The zero-order chi connectivity index (χ0) is 11.1. The second-order valence-corrected chi connectivity index (χ2v) is 4.65. The highest BCUT2D eigenvalue weighted by atomic mass is 15.0. The van der Waals surface area contributed by atoms with E-state index in [1.165, 1.54) is 44.2 Å². The van der Waals surface area contributed by atoms with E-state index in [1.807, 2.05) is 0 Å². The Kier molecular flexibility index (Phi) is 5.92. The average molecular weight is 210 g/mol. The lowest BCUT2D eigenvalue weighted by molar-refractivity contribution is 0.440. The molecule has 0 fully saturated rings. The van der Waals surface area contributed by atoms with Gasteiger partial charge in [0, 0.05) is 5.71 Å². The van der Waals surface area contributed by atoms with E-state index >= 15 is 0 Å². The quantitative estimate of drug-likeness (QED) is 0.583. The third-order valence-corrected chi connectivity index (χ3v) is 3.23. The molecule has 1 heterocycles. The summed E-state index contributed by atoms with van der Waals surface area (Å²) in [5, 5.41) is 0. The Bertz CT molecular complexity index is 193. The first-order valence-corrected chi connectivity index (χ1v) is 6.60. The minimum Gasteiger partial charge on any atom is -0.330 e. The van der Waals surface area contributed by atoms with Gasteiger partial charge >= 0.3 is 0 Å². The molecule has 1 aliphatic rings. The van der Waals surface area contributed by atoms with Crippen LogP contribution in [0.25, 0.3) is 0 Å². The smallest absolute Gasteiger partial charge is 0.0904 e. The highest BCUT2D eigenvalue weighted by Crippen LogP contribution is 2.31. The maximum atomic E-state index is 5.49. The molecular weight excluding hydrogens is 184 g/mol. The number of nitrogens with zero attached hydrogens (tertiary/aromatic N) is 1. The van der Waals surface area contributed by atoms with Gasteiger partial charge in [-0.2, -0.15) is 0 Å². The summed E-state index contributed by atoms with van der Waals surface area (Å²) in [5.74, 6) is 0.841. The summed E-state index contributed by atoms with van der Waals surface area (Å²) in [6.45, 7) is 5.38. The van der Waals surface area contributed by atoms with Crippen LogP contribution < -0.4 is 5.73 Å². The molecule has 1 aliphatic heterocycles. The third kappa shape index (κ3) is 4.33. The first-order chi connectivity index (χ1) is 7.33. The van der Waals surface area contributed by atoms with Gasteiger partial charge in [0.15, 0.2) is 0 Å². The lowest BCUT2D eigenvalue weighted by atomic mass is 9.91. The number of rotatable bonds is 9. The van der Waals surface area contributed by atoms with Gasteiger partial charge in [-0.05, 0) is 44.6 Å². The van der Waals surface area contributed by atoms with Gasteiger partial charge in [-0.25, -0.2) is 0 Å². The minimum atomic E-state index is 0.627. The topological polar surface area (TPSA) is 38.4 Å². The predicted octanol–water partition coefficient (Wildman–Crippen LogP) is 3.16. The molecule has 0 spiro atoms. The monoisotopic (exact) mass is 210 g/mol. The van der Waals surface area contributed by atoms with Crippen molar-refractivity contribution in [3.63, 3.8) is 0 Å². The fourth-order valence-corrected chi connectivity index (χ4v) is 2.38. The Balaban J connectivity index is 2.16. The molecule has 2 heteroatoms. The molecule has 0 aliphatic carbocycles. The Morgan fingerprint density at radius 2 is 1.87 bits per heavy atom. The summed E-state index contributed by atoms with van der Waals surface area (Å²) in [4.78, 5) is 4.64. The summed E-state index contributed by atoms with van der Waals surface area (Å²) >= 11 is 0. The number of unbranched alkanes of at least 4 members (excludes halogenated alkanes) is 1. The highest BCUT2D eigenvalue weighted by Gasteiger charge is 2.33. The van der Waals surface area contributed by atoms with Crippen molar-refractivity contribution >= 4 is 5.71 Å². The second-order valence-electron chi connectivity index (χ2n) is 4.65. The molecule has 2 N–H and O–H groups in total. The van der Waals surface area contributed by atoms with Crippen LogP contribution >= 0.6 is 0 Å². The summed E-state index contributed by atoms with van der Waals surface area (Å²) in [7, 11) is 0. The Morgan fingerprint density at radius 3 is 2.40 bits per heavy atom. The Labute approximate surface area is 94.3 Å². The largest absolute Gasteiger partial charge is 0.330 e. The number of nitrogens with two attached hydrogens (primary N) is 1. The average Bonchev–Trinajstić information content (AvgIpc) is 2.98. The Morgan fingerprint density at radius 1 is 1.20 bits per heavy atom. The van der Waals surface area contributed by atoms with Crippen molar-refractivity contribution in [1.29, 1.82) is 0 Å². The molecule has 1 rings (SSSR count). The van der Waals surface area contributed by atoms with Crippen LogP contribution in [0.5, 0.6) is 0 Å². The van der Waals surface area contributed by atoms with Crippen LogP contribution in [0.3, 0.4) is 0 Å². The summed E-state index contributed by atoms with van der Waals surface area (Å²) in [6.07, 6.45) is 8.88. The van der Waals surface area contributed by atoms with Crippen molar-refractivity contribution in [2.24, 2.45) is 16.6 Å². The van der Waals surface area contributed by atoms with E-state index in [2.05, 4.69) is 18.8 Å². The van der Waals surface area contributed by atoms with Crippen molar-refractivity contribution in [2.75, 3.05) is 6.54 Å². The molecule has 0 amide bonds. The fraction of sp³-hybridized carbons (Fsp3) is 0.923. The van der Waals surface area contributed by atoms with Gasteiger partial charge in [0.1, 0.15) is 0 Å². The van der Waals surface area contributed by atoms with Gasteiger partial charge < -0.3 is 5.73 Å². The van der Waals surface area contributed by atoms with Gasteiger partial charge in [-0.1, -0.05) is 26.7 Å². The van der Waals surface area contributed by atoms with E-state index < -0.39 is 0 Å². The van der Waals surface area contributed by atoms with Crippen molar-refractivity contribution in [2.45, 2.75) is 64.8 Å². The van der Waals surface area contributed by atoms with E-state index in [9.17, 15) is 0 Å². The van der Waals surface area contributed by atoms with E-state index in [-0.39, 0.29) is 0 Å². The van der Waals surface area contributed by atoms with Crippen LogP contribution in [0.2, 0.25) is 0 Å². The molecule has 2 nitrogen and oxygen atoms in total. The molecular formula is C13H26N2. The van der Waals surface area contributed by atoms with Crippen LogP contribution in [0.15, 0.2) is 4.99 Å². The van der Waals surface area contributed by atoms with Crippen LogP contribution in [-0.2, 0) is 0 Å². The molecule has 88 valence electrons. The van der Waals surface area contributed by atoms with Crippen molar-refractivity contribution in [3.8, 4) is 0 Å².